The second-order valence-corrected chi connectivity index (χ2v) is 13.3. The molecule has 1 atom stereocenters. The number of fused-ring (bicyclic) bond motifs is 1. The zero-order valence-electron chi connectivity index (χ0n) is 21.8. The molecule has 1 N–H and O–H groups in total. The Kier molecular flexibility index (Phi) is 7.85. The van der Waals surface area contributed by atoms with Crippen molar-refractivity contribution in [2.45, 2.75) is 69.7 Å². The first-order valence-electron chi connectivity index (χ1n) is 13.7. The molecule has 8 heteroatoms. The predicted octanol–water partition coefficient (Wildman–Crippen LogP) is 5.64. The Bertz CT molecular complexity index is 1240. The lowest BCUT2D eigenvalue weighted by molar-refractivity contribution is -0.123. The average Bonchev–Trinajstić information content (AvgIpc) is 2.86. The fourth-order valence-corrected chi connectivity index (χ4v) is 8.08. The van der Waals surface area contributed by atoms with E-state index in [1.807, 2.05) is 23.1 Å². The number of piperidine rings is 1. The van der Waals surface area contributed by atoms with Crippen LogP contribution in [0, 0.1) is 17.8 Å². The molecule has 3 aliphatic rings. The largest absolute Gasteiger partial charge is 0.371 e. The van der Waals surface area contributed by atoms with Crippen LogP contribution in [-0.4, -0.2) is 40.0 Å². The van der Waals surface area contributed by atoms with Crippen molar-refractivity contribution in [3.63, 3.8) is 0 Å². The van der Waals surface area contributed by atoms with Gasteiger partial charge in [0.1, 0.15) is 4.90 Å². The minimum absolute atomic E-state index is 0.00111. The van der Waals surface area contributed by atoms with E-state index in [2.05, 4.69) is 35.6 Å². The minimum atomic E-state index is -3.71. The number of amides is 1. The van der Waals surface area contributed by atoms with Crippen LogP contribution in [0.15, 0.2) is 47.4 Å². The zero-order chi connectivity index (χ0) is 26.2. The summed E-state index contributed by atoms with van der Waals surface area (Å²) in [5, 5.41) is 0.240. The van der Waals surface area contributed by atoms with Crippen LogP contribution in [-0.2, 0) is 21.2 Å². The number of halogens is 1. The van der Waals surface area contributed by atoms with Crippen LogP contribution in [0.25, 0.3) is 0 Å². The lowest BCUT2D eigenvalue weighted by atomic mass is 9.76. The molecule has 1 saturated heterocycles. The molecule has 6 nitrogen and oxygen atoms in total. The Morgan fingerprint density at radius 2 is 1.73 bits per heavy atom. The summed E-state index contributed by atoms with van der Waals surface area (Å²) in [7, 11) is -3.71. The van der Waals surface area contributed by atoms with E-state index in [1.165, 1.54) is 12.0 Å². The highest BCUT2D eigenvalue weighted by atomic mass is 35.5. The number of aryl methyl sites for hydroxylation is 1. The van der Waals surface area contributed by atoms with Crippen molar-refractivity contribution in [2.24, 2.45) is 17.8 Å². The van der Waals surface area contributed by atoms with Gasteiger partial charge in [0.15, 0.2) is 0 Å². The van der Waals surface area contributed by atoms with E-state index in [9.17, 15) is 13.2 Å². The Morgan fingerprint density at radius 1 is 1.00 bits per heavy atom. The standard InChI is InChI=1S/C29H38ClN3O3S/c1-20(2)28(22-8-5-9-22)31-37(35,36)27-13-12-24(19-25(27)30)32-17-14-23(15-18-32)29(34)33-16-6-10-21-7-3-4-11-26(21)33/h3-4,7,11-13,19-20,22-23,28,31H,5-6,8-10,14-18H2,1-2H3. The van der Waals surface area contributed by atoms with Crippen molar-refractivity contribution >= 4 is 38.9 Å². The van der Waals surface area contributed by atoms with Gasteiger partial charge in [-0.15, -0.1) is 0 Å². The smallest absolute Gasteiger partial charge is 0.242 e. The molecular formula is C29H38ClN3O3S. The monoisotopic (exact) mass is 543 g/mol. The van der Waals surface area contributed by atoms with Crippen molar-refractivity contribution in [3.05, 3.63) is 53.1 Å². The molecule has 2 fully saturated rings. The maximum atomic E-state index is 13.4. The third-order valence-corrected chi connectivity index (χ3v) is 10.4. The molecule has 37 heavy (non-hydrogen) atoms. The highest BCUT2D eigenvalue weighted by Gasteiger charge is 2.34. The molecule has 2 aromatic carbocycles. The molecule has 2 heterocycles. The van der Waals surface area contributed by atoms with E-state index in [1.54, 1.807) is 12.1 Å². The molecule has 200 valence electrons. The van der Waals surface area contributed by atoms with E-state index in [0.717, 1.165) is 69.5 Å². The molecule has 0 spiro atoms. The van der Waals surface area contributed by atoms with Gasteiger partial charge < -0.3 is 9.80 Å². The normalized spacial score (nSPS) is 20.0. The first kappa shape index (κ1) is 26.5. The summed E-state index contributed by atoms with van der Waals surface area (Å²) in [6, 6.07) is 13.4. The Morgan fingerprint density at radius 3 is 2.38 bits per heavy atom. The van der Waals surface area contributed by atoms with E-state index in [-0.39, 0.29) is 33.7 Å². The first-order valence-corrected chi connectivity index (χ1v) is 15.6. The molecule has 0 bridgehead atoms. The topological polar surface area (TPSA) is 69.7 Å². The highest BCUT2D eigenvalue weighted by molar-refractivity contribution is 7.89. The first-order chi connectivity index (χ1) is 17.7. The van der Waals surface area contributed by atoms with Gasteiger partial charge in [0.05, 0.1) is 5.02 Å². The quantitative estimate of drug-likeness (QED) is 0.490. The fourth-order valence-electron chi connectivity index (χ4n) is 6.09. The molecule has 0 aromatic heterocycles. The summed E-state index contributed by atoms with van der Waals surface area (Å²) in [4.78, 5) is 17.7. The number of hydrogen-bond donors (Lipinski definition) is 1. The van der Waals surface area contributed by atoms with Crippen LogP contribution in [0.1, 0.15) is 57.9 Å². The van der Waals surface area contributed by atoms with Crippen molar-refractivity contribution in [2.75, 3.05) is 29.4 Å². The molecule has 1 saturated carbocycles. The number of rotatable bonds is 7. The van der Waals surface area contributed by atoms with Crippen LogP contribution >= 0.6 is 11.6 Å². The molecule has 0 radical (unpaired) electrons. The van der Waals surface area contributed by atoms with Gasteiger partial charge >= 0.3 is 0 Å². The summed E-state index contributed by atoms with van der Waals surface area (Å²) in [6.07, 6.45) is 6.88. The minimum Gasteiger partial charge on any atom is -0.371 e. The Hall–Kier alpha value is -2.09. The lowest BCUT2D eigenvalue weighted by Crippen LogP contribution is -2.46. The number of nitrogens with zero attached hydrogens (tertiary/aromatic N) is 2. The molecule has 2 aliphatic heterocycles. The van der Waals surface area contributed by atoms with E-state index < -0.39 is 10.0 Å². The number of hydrogen-bond acceptors (Lipinski definition) is 4. The van der Waals surface area contributed by atoms with Gasteiger partial charge in [0.25, 0.3) is 0 Å². The molecular weight excluding hydrogens is 506 g/mol. The third kappa shape index (κ3) is 5.55. The van der Waals surface area contributed by atoms with E-state index in [4.69, 9.17) is 11.6 Å². The van der Waals surface area contributed by atoms with Crippen LogP contribution in [0.3, 0.4) is 0 Å². The number of para-hydroxylation sites is 1. The molecule has 5 rings (SSSR count). The summed E-state index contributed by atoms with van der Waals surface area (Å²) in [6.45, 7) is 6.39. The van der Waals surface area contributed by atoms with Gasteiger partial charge in [0.2, 0.25) is 15.9 Å². The predicted molar refractivity (Wildman–Crippen MR) is 150 cm³/mol. The number of carbonyl (C=O) groups is 1. The van der Waals surface area contributed by atoms with Crippen LogP contribution in [0.5, 0.6) is 0 Å². The number of anilines is 2. The highest BCUT2D eigenvalue weighted by Crippen LogP contribution is 2.36. The Balaban J connectivity index is 1.23. The van der Waals surface area contributed by atoms with Crippen molar-refractivity contribution in [1.29, 1.82) is 0 Å². The Labute approximate surface area is 226 Å². The lowest BCUT2D eigenvalue weighted by Gasteiger charge is -2.37. The number of carbonyl (C=O) groups excluding carboxylic acids is 1. The third-order valence-electron chi connectivity index (χ3n) is 8.46. The van der Waals surface area contributed by atoms with Crippen LogP contribution in [0.4, 0.5) is 11.4 Å². The maximum absolute atomic E-state index is 13.4. The van der Waals surface area contributed by atoms with E-state index >= 15 is 0 Å². The number of sulfonamides is 1. The fraction of sp³-hybridized carbons (Fsp3) is 0.552. The average molecular weight is 544 g/mol. The summed E-state index contributed by atoms with van der Waals surface area (Å²) in [5.74, 6) is 0.848. The SMILES string of the molecule is CC(C)C(NS(=O)(=O)c1ccc(N2CCC(C(=O)N3CCCc4ccccc43)CC2)cc1Cl)C1CCC1. The van der Waals surface area contributed by atoms with Gasteiger partial charge in [-0.05, 0) is 80.2 Å². The summed E-state index contributed by atoms with van der Waals surface area (Å²) in [5.41, 5.74) is 3.22. The zero-order valence-corrected chi connectivity index (χ0v) is 23.4. The molecule has 1 unspecified atom stereocenters. The van der Waals surface area contributed by atoms with Crippen LogP contribution in [0.2, 0.25) is 5.02 Å². The second kappa shape index (κ2) is 11.0. The van der Waals surface area contributed by atoms with Gasteiger partial charge in [-0.1, -0.05) is 50.1 Å². The summed E-state index contributed by atoms with van der Waals surface area (Å²) >= 11 is 6.55. The van der Waals surface area contributed by atoms with Gasteiger partial charge in [-0.3, -0.25) is 4.79 Å². The van der Waals surface area contributed by atoms with Gasteiger partial charge in [-0.25, -0.2) is 13.1 Å². The van der Waals surface area contributed by atoms with Crippen LogP contribution < -0.4 is 14.5 Å². The van der Waals surface area contributed by atoms with Crippen molar-refractivity contribution < 1.29 is 13.2 Å². The molecule has 2 aromatic rings. The molecule has 1 amide bonds. The van der Waals surface area contributed by atoms with Gasteiger partial charge in [-0.2, -0.15) is 0 Å². The van der Waals surface area contributed by atoms with Crippen molar-refractivity contribution in [3.8, 4) is 0 Å². The summed E-state index contributed by atoms with van der Waals surface area (Å²) < 4.78 is 29.3. The van der Waals surface area contributed by atoms with Gasteiger partial charge in [0, 0.05) is 43.0 Å². The van der Waals surface area contributed by atoms with E-state index in [0.29, 0.717) is 5.92 Å². The maximum Gasteiger partial charge on any atom is 0.242 e. The van der Waals surface area contributed by atoms with Crippen molar-refractivity contribution in [1.82, 2.24) is 4.72 Å². The number of benzene rings is 2. The molecule has 1 aliphatic carbocycles. The number of nitrogens with one attached hydrogen (secondary N) is 1. The second-order valence-electron chi connectivity index (χ2n) is 11.2.